The van der Waals surface area contributed by atoms with Crippen molar-refractivity contribution >= 4 is 11.7 Å². The zero-order chi connectivity index (χ0) is 18.1. The zero-order valence-electron chi connectivity index (χ0n) is 14.0. The van der Waals surface area contributed by atoms with Crippen LogP contribution in [-0.2, 0) is 0 Å². The number of rotatable bonds is 4. The van der Waals surface area contributed by atoms with Crippen LogP contribution in [0.15, 0.2) is 42.9 Å². The lowest BCUT2D eigenvalue weighted by atomic mass is 10.1. The van der Waals surface area contributed by atoms with Crippen LogP contribution >= 0.6 is 0 Å². The van der Waals surface area contributed by atoms with Crippen molar-refractivity contribution in [3.63, 3.8) is 0 Å². The maximum atomic E-state index is 14.9. The molecule has 0 radical (unpaired) electrons. The number of nitrogens with one attached hydrogen (secondary N) is 1. The van der Waals surface area contributed by atoms with Crippen LogP contribution in [0.25, 0.3) is 11.3 Å². The Balaban J connectivity index is 1.48. The third-order valence-electron chi connectivity index (χ3n) is 4.48. The maximum Gasteiger partial charge on any atom is 0.276 e. The molecule has 1 fully saturated rings. The van der Waals surface area contributed by atoms with Gasteiger partial charge in [-0.1, -0.05) is 30.3 Å². The largest absolute Gasteiger partial charge is 0.350 e. The predicted molar refractivity (Wildman–Crippen MR) is 91.9 cm³/mol. The van der Waals surface area contributed by atoms with E-state index in [9.17, 15) is 9.18 Å². The highest BCUT2D eigenvalue weighted by atomic mass is 19.1. The third kappa shape index (κ3) is 2.77. The molecule has 0 atom stereocenters. The first-order valence-corrected chi connectivity index (χ1v) is 8.09. The molecule has 1 aliphatic rings. The van der Waals surface area contributed by atoms with E-state index in [1.54, 1.807) is 29.0 Å². The topological polar surface area (TPSA) is 90.9 Å². The Bertz CT molecular complexity index is 910. The van der Waals surface area contributed by atoms with Gasteiger partial charge >= 0.3 is 0 Å². The molecule has 1 saturated heterocycles. The highest BCUT2D eigenvalue weighted by Gasteiger charge is 2.36. The minimum absolute atomic E-state index is 0.0475. The first-order valence-electron chi connectivity index (χ1n) is 8.09. The number of aromatic amines is 1. The van der Waals surface area contributed by atoms with Crippen LogP contribution in [0.1, 0.15) is 10.5 Å². The SMILES string of the molecule is CN(C(=O)c1cn[nH]n1)C1CN(c2ncnc(-c3ccccc3)c2F)C1. The number of benzene rings is 1. The van der Waals surface area contributed by atoms with Crippen LogP contribution in [0.4, 0.5) is 10.2 Å². The van der Waals surface area contributed by atoms with Gasteiger partial charge in [0, 0.05) is 25.7 Å². The quantitative estimate of drug-likeness (QED) is 0.762. The standard InChI is InChI=1S/C17H16FN7O/c1-24(17(26)13-7-21-23-22-13)12-8-25(9-12)16-14(18)15(19-10-20-16)11-5-3-2-4-6-11/h2-7,10,12H,8-9H2,1H3,(H,21,22,23). The molecule has 3 aromatic rings. The molecule has 1 aromatic carbocycles. The van der Waals surface area contributed by atoms with E-state index in [0.717, 1.165) is 0 Å². The summed E-state index contributed by atoms with van der Waals surface area (Å²) in [6, 6.07) is 9.09. The van der Waals surface area contributed by atoms with Crippen LogP contribution in [0.5, 0.6) is 0 Å². The number of likely N-dealkylation sites (N-methyl/N-ethyl adjacent to an activating group) is 1. The number of amides is 1. The Kier molecular flexibility index (Phi) is 4.04. The molecule has 0 bridgehead atoms. The average Bonchev–Trinajstić information content (AvgIpc) is 3.16. The Hall–Kier alpha value is -3.36. The minimum atomic E-state index is -0.456. The minimum Gasteiger partial charge on any atom is -0.350 e. The fourth-order valence-corrected chi connectivity index (χ4v) is 2.90. The van der Waals surface area contributed by atoms with Crippen molar-refractivity contribution in [2.24, 2.45) is 0 Å². The summed E-state index contributed by atoms with van der Waals surface area (Å²) in [6.07, 6.45) is 2.74. The van der Waals surface area contributed by atoms with Crippen molar-refractivity contribution in [2.45, 2.75) is 6.04 Å². The molecule has 9 heteroatoms. The van der Waals surface area contributed by atoms with E-state index in [-0.39, 0.29) is 29.2 Å². The lowest BCUT2D eigenvalue weighted by Gasteiger charge is -2.44. The summed E-state index contributed by atoms with van der Waals surface area (Å²) in [6.45, 7) is 0.977. The van der Waals surface area contributed by atoms with Crippen LogP contribution in [0.3, 0.4) is 0 Å². The highest BCUT2D eigenvalue weighted by Crippen LogP contribution is 2.29. The lowest BCUT2D eigenvalue weighted by Crippen LogP contribution is -2.60. The molecule has 1 aliphatic heterocycles. The average molecular weight is 353 g/mol. The van der Waals surface area contributed by atoms with E-state index in [1.165, 1.54) is 12.5 Å². The Morgan fingerprint density at radius 2 is 2.04 bits per heavy atom. The number of halogens is 1. The van der Waals surface area contributed by atoms with E-state index >= 15 is 0 Å². The van der Waals surface area contributed by atoms with Gasteiger partial charge in [-0.3, -0.25) is 4.79 Å². The van der Waals surface area contributed by atoms with E-state index in [2.05, 4.69) is 25.4 Å². The Labute approximate surface area is 148 Å². The molecular formula is C17H16FN7O. The monoisotopic (exact) mass is 353 g/mol. The first-order chi connectivity index (χ1) is 12.6. The van der Waals surface area contributed by atoms with E-state index in [0.29, 0.717) is 18.7 Å². The van der Waals surface area contributed by atoms with Gasteiger partial charge in [0.2, 0.25) is 0 Å². The molecule has 4 rings (SSSR count). The molecule has 1 N–H and O–H groups in total. The zero-order valence-corrected chi connectivity index (χ0v) is 14.0. The number of H-pyrrole nitrogens is 1. The molecule has 0 saturated carbocycles. The number of hydrogen-bond donors (Lipinski definition) is 1. The van der Waals surface area contributed by atoms with Gasteiger partial charge in [0.15, 0.2) is 17.3 Å². The van der Waals surface area contributed by atoms with Gasteiger partial charge in [-0.2, -0.15) is 15.4 Å². The van der Waals surface area contributed by atoms with E-state index in [1.807, 2.05) is 18.2 Å². The Morgan fingerprint density at radius 3 is 2.73 bits per heavy atom. The van der Waals surface area contributed by atoms with Crippen molar-refractivity contribution in [3.05, 3.63) is 54.4 Å². The molecule has 0 aliphatic carbocycles. The molecule has 2 aromatic heterocycles. The van der Waals surface area contributed by atoms with Crippen LogP contribution < -0.4 is 4.90 Å². The summed E-state index contributed by atoms with van der Waals surface area (Å²) in [4.78, 5) is 23.8. The van der Waals surface area contributed by atoms with Gasteiger partial charge in [-0.15, -0.1) is 0 Å². The summed E-state index contributed by atoms with van der Waals surface area (Å²) in [5, 5.41) is 9.85. The summed E-state index contributed by atoms with van der Waals surface area (Å²) >= 11 is 0. The molecule has 0 spiro atoms. The van der Waals surface area contributed by atoms with Crippen molar-refractivity contribution in [1.82, 2.24) is 30.3 Å². The predicted octanol–water partition coefficient (Wildman–Crippen LogP) is 1.36. The lowest BCUT2D eigenvalue weighted by molar-refractivity contribution is 0.0698. The maximum absolute atomic E-state index is 14.9. The van der Waals surface area contributed by atoms with Gasteiger partial charge in [0.1, 0.15) is 12.0 Å². The molecule has 0 unspecified atom stereocenters. The number of carbonyl (C=O) groups is 1. The van der Waals surface area contributed by atoms with Crippen molar-refractivity contribution in [1.29, 1.82) is 0 Å². The number of anilines is 1. The molecule has 8 nitrogen and oxygen atoms in total. The van der Waals surface area contributed by atoms with Crippen LogP contribution in [-0.4, -0.2) is 62.4 Å². The van der Waals surface area contributed by atoms with Gasteiger partial charge in [0.05, 0.1) is 12.2 Å². The van der Waals surface area contributed by atoms with Gasteiger partial charge in [-0.25, -0.2) is 14.4 Å². The third-order valence-corrected chi connectivity index (χ3v) is 4.48. The van der Waals surface area contributed by atoms with Gasteiger partial charge in [-0.05, 0) is 0 Å². The second kappa shape index (κ2) is 6.51. The van der Waals surface area contributed by atoms with Crippen molar-refractivity contribution < 1.29 is 9.18 Å². The van der Waals surface area contributed by atoms with Gasteiger partial charge < -0.3 is 9.80 Å². The second-order valence-electron chi connectivity index (χ2n) is 6.06. The van der Waals surface area contributed by atoms with Gasteiger partial charge in [0.25, 0.3) is 5.91 Å². The molecule has 3 heterocycles. The number of hydrogen-bond acceptors (Lipinski definition) is 6. The summed E-state index contributed by atoms with van der Waals surface area (Å²) in [7, 11) is 1.70. The van der Waals surface area contributed by atoms with Crippen molar-refractivity contribution in [2.75, 3.05) is 25.0 Å². The summed E-state index contributed by atoms with van der Waals surface area (Å²) < 4.78 is 14.9. The number of aromatic nitrogens is 5. The second-order valence-corrected chi connectivity index (χ2v) is 6.06. The fraction of sp³-hybridized carbons (Fsp3) is 0.235. The molecular weight excluding hydrogens is 337 g/mol. The fourth-order valence-electron chi connectivity index (χ4n) is 2.90. The molecule has 1 amide bonds. The van der Waals surface area contributed by atoms with E-state index < -0.39 is 5.82 Å². The molecule has 132 valence electrons. The number of carbonyl (C=O) groups excluding carboxylic acids is 1. The summed E-state index contributed by atoms with van der Waals surface area (Å²) in [5.41, 5.74) is 1.22. The van der Waals surface area contributed by atoms with Crippen LogP contribution in [0, 0.1) is 5.82 Å². The first kappa shape index (κ1) is 16.1. The smallest absolute Gasteiger partial charge is 0.276 e. The molecule has 26 heavy (non-hydrogen) atoms. The van der Waals surface area contributed by atoms with E-state index in [4.69, 9.17) is 0 Å². The van der Waals surface area contributed by atoms with Crippen LogP contribution in [0.2, 0.25) is 0 Å². The summed E-state index contributed by atoms with van der Waals surface area (Å²) in [5.74, 6) is -0.434. The van der Waals surface area contributed by atoms with Crippen molar-refractivity contribution in [3.8, 4) is 11.3 Å². The normalized spacial score (nSPS) is 14.2. The highest BCUT2D eigenvalue weighted by molar-refractivity contribution is 5.92. The Morgan fingerprint density at radius 1 is 1.27 bits per heavy atom. The number of nitrogens with zero attached hydrogens (tertiary/aromatic N) is 6.